The number of nitrogens with zero attached hydrogens (tertiary/aromatic N) is 4. The molecule has 0 unspecified atom stereocenters. The van der Waals surface area contributed by atoms with Crippen LogP contribution in [0.2, 0.25) is 0 Å². The van der Waals surface area contributed by atoms with Crippen molar-refractivity contribution in [3.05, 3.63) is 53.7 Å². The Hall–Kier alpha value is -4.01. The molecule has 0 radical (unpaired) electrons. The molecular weight excluding hydrogens is 522 g/mol. The molecule has 4 rings (SSSR count). The average molecular weight is 546 g/mol. The summed E-state index contributed by atoms with van der Waals surface area (Å²) in [5.74, 6) is 0.705. The van der Waals surface area contributed by atoms with E-state index >= 15 is 0 Å². The number of benzene rings is 1. The van der Waals surface area contributed by atoms with E-state index in [2.05, 4.69) is 24.7 Å². The number of hydrogen-bond acceptors (Lipinski definition) is 12. The maximum absolute atomic E-state index is 13.2. The predicted octanol–water partition coefficient (Wildman–Crippen LogP) is 3.28. The summed E-state index contributed by atoms with van der Waals surface area (Å²) >= 11 is 1.01. The van der Waals surface area contributed by atoms with Gasteiger partial charge in [-0.3, -0.25) is 4.72 Å². The zero-order chi connectivity index (χ0) is 26.4. The Morgan fingerprint density at radius 1 is 1.05 bits per heavy atom. The number of aliphatic hydroxyl groups excluding tert-OH is 1. The fraction of sp³-hybridized carbons (Fsp3) is 0.217. The van der Waals surface area contributed by atoms with Crippen LogP contribution in [0.25, 0.3) is 11.4 Å². The van der Waals surface area contributed by atoms with Gasteiger partial charge in [0.2, 0.25) is 16.0 Å². The quantitative estimate of drug-likeness (QED) is 0.285. The van der Waals surface area contributed by atoms with Crippen molar-refractivity contribution in [1.82, 2.24) is 19.9 Å². The summed E-state index contributed by atoms with van der Waals surface area (Å²) in [5.41, 5.74) is 0.454. The van der Waals surface area contributed by atoms with Gasteiger partial charge in [0, 0.05) is 28.9 Å². The first kappa shape index (κ1) is 26.1. The smallest absolute Gasteiger partial charge is 0.290 e. The highest BCUT2D eigenvalue weighted by atomic mass is 32.2. The minimum atomic E-state index is -4.13. The number of hydrogen-bond donors (Lipinski definition) is 2. The van der Waals surface area contributed by atoms with Gasteiger partial charge in [0.25, 0.3) is 15.9 Å². The summed E-state index contributed by atoms with van der Waals surface area (Å²) in [4.78, 5) is 17.6. The van der Waals surface area contributed by atoms with Gasteiger partial charge in [-0.2, -0.15) is 13.4 Å². The van der Waals surface area contributed by atoms with E-state index in [1.165, 1.54) is 26.6 Å². The number of methoxy groups -OCH3 is 2. The van der Waals surface area contributed by atoms with Gasteiger partial charge < -0.3 is 24.1 Å². The number of pyridine rings is 1. The molecule has 12 nitrogen and oxygen atoms in total. The molecule has 0 aliphatic rings. The number of sulfonamides is 1. The molecule has 3 aromatic heterocycles. The summed E-state index contributed by atoms with van der Waals surface area (Å²) in [6, 6.07) is 9.98. The molecule has 0 spiro atoms. The van der Waals surface area contributed by atoms with Crippen LogP contribution in [0.3, 0.4) is 0 Å². The van der Waals surface area contributed by atoms with Crippen molar-refractivity contribution in [2.24, 2.45) is 0 Å². The van der Waals surface area contributed by atoms with Crippen LogP contribution in [0, 0.1) is 6.92 Å². The zero-order valence-electron chi connectivity index (χ0n) is 20.0. The van der Waals surface area contributed by atoms with Crippen molar-refractivity contribution < 1.29 is 32.5 Å². The van der Waals surface area contributed by atoms with E-state index in [-0.39, 0.29) is 52.5 Å². The fourth-order valence-electron chi connectivity index (χ4n) is 3.08. The molecule has 0 saturated carbocycles. The molecule has 14 heteroatoms. The third-order valence-corrected chi connectivity index (χ3v) is 7.35. The number of anilines is 1. The molecule has 194 valence electrons. The Morgan fingerprint density at radius 2 is 1.84 bits per heavy atom. The third kappa shape index (κ3) is 6.04. The number of aryl methyl sites for hydroxylation is 1. The summed E-state index contributed by atoms with van der Waals surface area (Å²) in [6.45, 7) is 1.61. The summed E-state index contributed by atoms with van der Waals surface area (Å²) in [5, 5.41) is 9.02. The topological polar surface area (TPSA) is 155 Å². The van der Waals surface area contributed by atoms with Crippen molar-refractivity contribution in [3.63, 3.8) is 0 Å². The lowest BCUT2D eigenvalue weighted by Crippen LogP contribution is -2.15. The lowest BCUT2D eigenvalue weighted by Gasteiger charge is -2.17. The van der Waals surface area contributed by atoms with Gasteiger partial charge >= 0.3 is 0 Å². The minimum absolute atomic E-state index is 0.0430. The van der Waals surface area contributed by atoms with E-state index in [1.807, 2.05) is 0 Å². The molecule has 0 amide bonds. The lowest BCUT2D eigenvalue weighted by molar-refractivity contribution is 0.197. The predicted molar refractivity (Wildman–Crippen MR) is 135 cm³/mol. The summed E-state index contributed by atoms with van der Waals surface area (Å²) in [6.07, 6.45) is 2.93. The van der Waals surface area contributed by atoms with E-state index in [0.717, 1.165) is 16.2 Å². The van der Waals surface area contributed by atoms with Crippen LogP contribution < -0.4 is 23.7 Å². The fourth-order valence-corrected chi connectivity index (χ4v) is 5.19. The van der Waals surface area contributed by atoms with E-state index in [1.54, 1.807) is 43.3 Å². The van der Waals surface area contributed by atoms with Gasteiger partial charge in [-0.05, 0) is 25.1 Å². The van der Waals surface area contributed by atoms with Crippen molar-refractivity contribution in [2.45, 2.75) is 11.3 Å². The van der Waals surface area contributed by atoms with Gasteiger partial charge in [0.15, 0.2) is 23.1 Å². The van der Waals surface area contributed by atoms with Gasteiger partial charge in [0.05, 0.1) is 20.8 Å². The van der Waals surface area contributed by atoms with Crippen molar-refractivity contribution >= 4 is 27.2 Å². The van der Waals surface area contributed by atoms with Crippen LogP contribution in [-0.2, 0) is 10.0 Å². The second-order valence-electron chi connectivity index (χ2n) is 7.28. The van der Waals surface area contributed by atoms with E-state index in [9.17, 15) is 8.42 Å². The Kier molecular flexibility index (Phi) is 8.01. The van der Waals surface area contributed by atoms with Crippen molar-refractivity contribution in [3.8, 4) is 40.4 Å². The number of para-hydroxylation sites is 2. The molecular formula is C23H23N5O7S2. The van der Waals surface area contributed by atoms with Gasteiger partial charge in [-0.1, -0.05) is 12.1 Å². The standard InChI is InChI=1S/C23H23N5O7S2/c1-14-13-25-23(36-14)37(30,31)28-21-19(35-17-7-5-4-6-16(17)32-2)22(33-3)27-20(26-21)15-8-9-24-18(12-15)34-11-10-29/h4-9,12-13,29H,10-11H2,1-3H3,(H,26,27,28). The lowest BCUT2D eigenvalue weighted by atomic mass is 10.2. The molecule has 0 saturated heterocycles. The molecule has 1 aromatic carbocycles. The first-order chi connectivity index (χ1) is 17.8. The molecule has 0 aliphatic heterocycles. The van der Waals surface area contributed by atoms with Crippen LogP contribution in [-0.4, -0.2) is 60.9 Å². The number of rotatable bonds is 11. The van der Waals surface area contributed by atoms with Crippen LogP contribution in [0.4, 0.5) is 5.82 Å². The van der Waals surface area contributed by atoms with Gasteiger partial charge in [0.1, 0.15) is 6.61 Å². The van der Waals surface area contributed by atoms with E-state index in [0.29, 0.717) is 11.3 Å². The monoisotopic (exact) mass is 545 g/mol. The maximum atomic E-state index is 13.2. The van der Waals surface area contributed by atoms with Crippen LogP contribution in [0.15, 0.2) is 53.1 Å². The molecule has 2 N–H and O–H groups in total. The molecule has 37 heavy (non-hydrogen) atoms. The van der Waals surface area contributed by atoms with Crippen LogP contribution in [0.5, 0.6) is 29.0 Å². The van der Waals surface area contributed by atoms with Crippen LogP contribution in [0.1, 0.15) is 4.88 Å². The third-order valence-electron chi connectivity index (χ3n) is 4.70. The molecule has 0 atom stereocenters. The highest BCUT2D eigenvalue weighted by Gasteiger charge is 2.26. The maximum Gasteiger partial charge on any atom is 0.290 e. The summed E-state index contributed by atoms with van der Waals surface area (Å²) < 4.78 is 50.8. The SMILES string of the molecule is COc1ccccc1Oc1c(NS(=O)(=O)c2ncc(C)s2)nc(-c2ccnc(OCCO)c2)nc1OC. The Labute approximate surface area is 217 Å². The highest BCUT2D eigenvalue weighted by Crippen LogP contribution is 2.41. The normalized spacial score (nSPS) is 11.1. The molecule has 0 aliphatic carbocycles. The highest BCUT2D eigenvalue weighted by molar-refractivity contribution is 7.94. The van der Waals surface area contributed by atoms with Crippen LogP contribution >= 0.6 is 11.3 Å². The van der Waals surface area contributed by atoms with Gasteiger partial charge in [-0.25, -0.2) is 15.0 Å². The number of nitrogens with one attached hydrogen (secondary N) is 1. The van der Waals surface area contributed by atoms with E-state index < -0.39 is 10.0 Å². The molecule has 4 aromatic rings. The number of aromatic nitrogens is 4. The van der Waals surface area contributed by atoms with Crippen molar-refractivity contribution in [2.75, 3.05) is 32.2 Å². The second-order valence-corrected chi connectivity index (χ2v) is 10.4. The molecule has 0 bridgehead atoms. The molecule has 3 heterocycles. The Bertz CT molecular complexity index is 1490. The summed E-state index contributed by atoms with van der Waals surface area (Å²) in [7, 11) is -1.28. The average Bonchev–Trinajstić information content (AvgIpc) is 3.36. The number of thiazole rings is 1. The second kappa shape index (κ2) is 11.4. The number of ether oxygens (including phenoxy) is 4. The number of aliphatic hydroxyl groups is 1. The zero-order valence-corrected chi connectivity index (χ0v) is 21.7. The first-order valence-corrected chi connectivity index (χ1v) is 13.1. The Balaban J connectivity index is 1.84. The van der Waals surface area contributed by atoms with Crippen molar-refractivity contribution in [1.29, 1.82) is 0 Å². The molecule has 0 fully saturated rings. The van der Waals surface area contributed by atoms with Gasteiger partial charge in [-0.15, -0.1) is 11.3 Å². The minimum Gasteiger partial charge on any atom is -0.493 e. The first-order valence-electron chi connectivity index (χ1n) is 10.8. The largest absolute Gasteiger partial charge is 0.493 e. The Morgan fingerprint density at radius 3 is 2.51 bits per heavy atom. The van der Waals surface area contributed by atoms with E-state index in [4.69, 9.17) is 24.1 Å².